The van der Waals surface area contributed by atoms with Gasteiger partial charge in [0, 0.05) is 25.4 Å². The first-order chi connectivity index (χ1) is 7.99. The van der Waals surface area contributed by atoms with Gasteiger partial charge >= 0.3 is 0 Å². The van der Waals surface area contributed by atoms with Gasteiger partial charge in [-0.3, -0.25) is 4.79 Å². The Hall–Kier alpha value is -0.640. The van der Waals surface area contributed by atoms with Crippen molar-refractivity contribution in [2.24, 2.45) is 5.73 Å². The lowest BCUT2D eigenvalue weighted by atomic mass is 10.1. The third kappa shape index (κ3) is 8.13. The van der Waals surface area contributed by atoms with Gasteiger partial charge in [-0.25, -0.2) is 0 Å². The van der Waals surface area contributed by atoms with Crippen LogP contribution in [0, 0.1) is 0 Å². The predicted octanol–water partition coefficient (Wildman–Crippen LogP) is 2.87. The fraction of sp³-hybridized carbons (Fsp3) is 0.846. The normalized spacial score (nSPS) is 10.6. The maximum atomic E-state index is 12.0. The smallest absolute Gasteiger partial charge is 0.222 e. The highest BCUT2D eigenvalue weighted by atomic mass is 32.1. The van der Waals surface area contributed by atoms with Gasteiger partial charge in [-0.1, -0.05) is 38.4 Å². The Kier molecular flexibility index (Phi) is 9.04. The lowest BCUT2D eigenvalue weighted by Gasteiger charge is -2.26. The minimum absolute atomic E-state index is 0.225. The average molecular weight is 258 g/mol. The summed E-state index contributed by atoms with van der Waals surface area (Å²) < 4.78 is 0. The fourth-order valence-corrected chi connectivity index (χ4v) is 1.84. The Morgan fingerprint density at radius 1 is 1.24 bits per heavy atom. The lowest BCUT2D eigenvalue weighted by Crippen LogP contribution is -2.38. The number of rotatable bonds is 9. The number of carbonyl (C=O) groups is 1. The van der Waals surface area contributed by atoms with Gasteiger partial charge in [-0.15, -0.1) is 0 Å². The molecule has 0 fully saturated rings. The second kappa shape index (κ2) is 9.40. The van der Waals surface area contributed by atoms with Crippen LogP contribution in [0.2, 0.25) is 0 Å². The summed E-state index contributed by atoms with van der Waals surface area (Å²) in [6.07, 6.45) is 5.81. The first kappa shape index (κ1) is 16.4. The Balaban J connectivity index is 4.02. The van der Waals surface area contributed by atoms with E-state index < -0.39 is 0 Å². The molecule has 0 saturated heterocycles. The van der Waals surface area contributed by atoms with Crippen molar-refractivity contribution in [3.63, 3.8) is 0 Å². The van der Waals surface area contributed by atoms with Crippen LogP contribution in [0.1, 0.15) is 59.3 Å². The van der Waals surface area contributed by atoms with Crippen LogP contribution in [0.25, 0.3) is 0 Å². The SMILES string of the molecule is CCCCCCC(=O)N(CCC(N)=S)C(C)C. The predicted molar refractivity (Wildman–Crippen MR) is 77.0 cm³/mol. The second-order valence-electron chi connectivity index (χ2n) is 4.71. The first-order valence-electron chi connectivity index (χ1n) is 6.56. The standard InChI is InChI=1S/C13H26N2OS/c1-4-5-6-7-8-13(16)15(11(2)3)10-9-12(14)17/h11H,4-10H2,1-3H3,(H2,14,17). The Labute approximate surface area is 111 Å². The summed E-state index contributed by atoms with van der Waals surface area (Å²) >= 11 is 4.85. The summed E-state index contributed by atoms with van der Waals surface area (Å²) in [5.41, 5.74) is 5.47. The highest BCUT2D eigenvalue weighted by Crippen LogP contribution is 2.08. The summed E-state index contributed by atoms with van der Waals surface area (Å²) in [6, 6.07) is 0.225. The Morgan fingerprint density at radius 2 is 1.88 bits per heavy atom. The third-order valence-corrected chi connectivity index (χ3v) is 2.99. The lowest BCUT2D eigenvalue weighted by molar-refractivity contribution is -0.132. The number of carbonyl (C=O) groups excluding carboxylic acids is 1. The molecule has 0 radical (unpaired) electrons. The van der Waals surface area contributed by atoms with Crippen LogP contribution in [0.3, 0.4) is 0 Å². The van der Waals surface area contributed by atoms with Gasteiger partial charge in [0.1, 0.15) is 0 Å². The van der Waals surface area contributed by atoms with E-state index in [1.54, 1.807) is 0 Å². The molecule has 0 spiro atoms. The number of thiocarbonyl (C=S) groups is 1. The zero-order valence-corrected chi connectivity index (χ0v) is 12.2. The largest absolute Gasteiger partial charge is 0.393 e. The maximum absolute atomic E-state index is 12.0. The van der Waals surface area contributed by atoms with Crippen LogP contribution in [0.5, 0.6) is 0 Å². The van der Waals surface area contributed by atoms with E-state index in [4.69, 9.17) is 18.0 Å². The van der Waals surface area contributed by atoms with E-state index in [9.17, 15) is 4.79 Å². The van der Waals surface area contributed by atoms with Crippen LogP contribution in [0.15, 0.2) is 0 Å². The highest BCUT2D eigenvalue weighted by molar-refractivity contribution is 7.80. The average Bonchev–Trinajstić information content (AvgIpc) is 2.23. The molecule has 0 atom stereocenters. The zero-order valence-electron chi connectivity index (χ0n) is 11.4. The van der Waals surface area contributed by atoms with Crippen LogP contribution >= 0.6 is 12.2 Å². The topological polar surface area (TPSA) is 46.3 Å². The molecule has 100 valence electrons. The third-order valence-electron chi connectivity index (χ3n) is 2.79. The van der Waals surface area contributed by atoms with Crippen LogP contribution in [-0.4, -0.2) is 28.4 Å². The molecule has 17 heavy (non-hydrogen) atoms. The molecule has 0 heterocycles. The Morgan fingerprint density at radius 3 is 2.35 bits per heavy atom. The molecule has 0 aliphatic heterocycles. The molecule has 0 aromatic rings. The van der Waals surface area contributed by atoms with Gasteiger partial charge in [-0.2, -0.15) is 0 Å². The van der Waals surface area contributed by atoms with Gasteiger partial charge in [-0.05, 0) is 20.3 Å². The Bertz CT molecular complexity index is 242. The second-order valence-corrected chi connectivity index (χ2v) is 5.23. The van der Waals surface area contributed by atoms with Crippen LogP contribution in [-0.2, 0) is 4.79 Å². The van der Waals surface area contributed by atoms with Gasteiger partial charge in [0.25, 0.3) is 0 Å². The molecule has 2 N–H and O–H groups in total. The number of hydrogen-bond donors (Lipinski definition) is 1. The molecule has 1 amide bonds. The van der Waals surface area contributed by atoms with Crippen molar-refractivity contribution in [2.45, 2.75) is 65.3 Å². The van der Waals surface area contributed by atoms with Gasteiger partial charge < -0.3 is 10.6 Å². The van der Waals surface area contributed by atoms with Crippen molar-refractivity contribution in [1.29, 1.82) is 0 Å². The molecule has 0 aromatic carbocycles. The molecule has 0 aliphatic rings. The molecule has 3 nitrogen and oxygen atoms in total. The van der Waals surface area contributed by atoms with E-state index >= 15 is 0 Å². The van der Waals surface area contributed by atoms with Gasteiger partial charge in [0.2, 0.25) is 5.91 Å². The van der Waals surface area contributed by atoms with E-state index in [2.05, 4.69) is 6.92 Å². The molecule has 0 saturated carbocycles. The fourth-order valence-electron chi connectivity index (χ4n) is 1.75. The number of nitrogens with two attached hydrogens (primary N) is 1. The molecule has 0 aliphatic carbocycles. The first-order valence-corrected chi connectivity index (χ1v) is 6.97. The molecule has 0 unspecified atom stereocenters. The van der Waals surface area contributed by atoms with Crippen molar-refractivity contribution >= 4 is 23.1 Å². The summed E-state index contributed by atoms with van der Waals surface area (Å²) in [7, 11) is 0. The van der Waals surface area contributed by atoms with Crippen molar-refractivity contribution in [3.05, 3.63) is 0 Å². The molecule has 0 aromatic heterocycles. The zero-order chi connectivity index (χ0) is 13.3. The van der Waals surface area contributed by atoms with E-state index in [0.717, 1.165) is 12.8 Å². The van der Waals surface area contributed by atoms with E-state index in [0.29, 0.717) is 24.4 Å². The molecule has 0 rings (SSSR count). The molecular formula is C13H26N2OS. The maximum Gasteiger partial charge on any atom is 0.222 e. The van der Waals surface area contributed by atoms with E-state index in [-0.39, 0.29) is 11.9 Å². The van der Waals surface area contributed by atoms with Crippen LogP contribution < -0.4 is 5.73 Å². The minimum atomic E-state index is 0.225. The van der Waals surface area contributed by atoms with E-state index in [1.165, 1.54) is 12.8 Å². The van der Waals surface area contributed by atoms with Crippen molar-refractivity contribution in [2.75, 3.05) is 6.54 Å². The number of unbranched alkanes of at least 4 members (excludes halogenated alkanes) is 3. The molecule has 0 bridgehead atoms. The van der Waals surface area contributed by atoms with Gasteiger partial charge in [0.15, 0.2) is 0 Å². The van der Waals surface area contributed by atoms with Crippen molar-refractivity contribution in [3.8, 4) is 0 Å². The quantitative estimate of drug-likeness (QED) is 0.511. The minimum Gasteiger partial charge on any atom is -0.393 e. The molecule has 4 heteroatoms. The summed E-state index contributed by atoms with van der Waals surface area (Å²) in [5, 5.41) is 0. The van der Waals surface area contributed by atoms with Crippen LogP contribution in [0.4, 0.5) is 0 Å². The summed E-state index contributed by atoms with van der Waals surface area (Å²) in [4.78, 5) is 14.4. The van der Waals surface area contributed by atoms with Crippen molar-refractivity contribution < 1.29 is 4.79 Å². The monoisotopic (exact) mass is 258 g/mol. The summed E-state index contributed by atoms with van der Waals surface area (Å²) in [5.74, 6) is 0.229. The number of amides is 1. The molecular weight excluding hydrogens is 232 g/mol. The summed E-state index contributed by atoms with van der Waals surface area (Å²) in [6.45, 7) is 6.89. The highest BCUT2D eigenvalue weighted by Gasteiger charge is 2.16. The number of nitrogens with zero attached hydrogens (tertiary/aromatic N) is 1. The number of hydrogen-bond acceptors (Lipinski definition) is 2. The van der Waals surface area contributed by atoms with Crippen molar-refractivity contribution in [1.82, 2.24) is 4.90 Å². The van der Waals surface area contributed by atoms with E-state index in [1.807, 2.05) is 18.7 Å². The van der Waals surface area contributed by atoms with Gasteiger partial charge in [0.05, 0.1) is 4.99 Å².